The monoisotopic (exact) mass is 363 g/mol. The van der Waals surface area contributed by atoms with Crippen LogP contribution in [0.5, 0.6) is 0 Å². The minimum Gasteiger partial charge on any atom is -0.342 e. The maximum absolute atomic E-state index is 12.7. The highest BCUT2D eigenvalue weighted by Gasteiger charge is 2.46. The first-order valence-corrected chi connectivity index (χ1v) is 10.1. The Bertz CT molecular complexity index is 616. The van der Waals surface area contributed by atoms with Gasteiger partial charge in [-0.15, -0.1) is 11.3 Å². The minimum atomic E-state index is -0.134. The summed E-state index contributed by atoms with van der Waals surface area (Å²) in [5.41, 5.74) is -0.134. The zero-order chi connectivity index (χ0) is 18.0. The molecule has 1 spiro atoms. The number of amides is 2. The number of nitrogens with zero attached hydrogens (tertiary/aromatic N) is 3. The van der Waals surface area contributed by atoms with Crippen LogP contribution in [-0.2, 0) is 16.1 Å². The number of carbonyl (C=O) groups is 2. The minimum absolute atomic E-state index is 0.000258. The van der Waals surface area contributed by atoms with Gasteiger partial charge in [-0.1, -0.05) is 19.9 Å². The van der Waals surface area contributed by atoms with Crippen LogP contribution in [-0.4, -0.2) is 65.8 Å². The lowest BCUT2D eigenvalue weighted by Gasteiger charge is -2.34. The molecule has 2 amide bonds. The molecular formula is C19H29N3O2S. The number of hydrogen-bond acceptors (Lipinski definition) is 4. The second-order valence-electron chi connectivity index (χ2n) is 7.79. The number of carbonyl (C=O) groups excluding carboxylic acids is 2. The van der Waals surface area contributed by atoms with Crippen LogP contribution in [0.1, 0.15) is 32.1 Å². The maximum Gasteiger partial charge on any atom is 0.225 e. The third-order valence-corrected chi connectivity index (χ3v) is 6.18. The van der Waals surface area contributed by atoms with Crippen LogP contribution >= 0.6 is 11.3 Å². The highest BCUT2D eigenvalue weighted by atomic mass is 32.1. The molecule has 1 atom stereocenters. The number of rotatable bonds is 4. The largest absolute Gasteiger partial charge is 0.342 e. The Kier molecular flexibility index (Phi) is 5.49. The van der Waals surface area contributed by atoms with Crippen molar-refractivity contribution < 1.29 is 9.59 Å². The van der Waals surface area contributed by atoms with Crippen molar-refractivity contribution in [2.45, 2.75) is 33.7 Å². The van der Waals surface area contributed by atoms with Gasteiger partial charge in [0.25, 0.3) is 0 Å². The zero-order valence-electron chi connectivity index (χ0n) is 15.5. The lowest BCUT2D eigenvalue weighted by molar-refractivity contribution is -0.135. The number of likely N-dealkylation sites (tertiary alicyclic amines) is 1. The third-order valence-electron chi connectivity index (χ3n) is 5.32. The first kappa shape index (κ1) is 18.4. The first-order chi connectivity index (χ1) is 11.9. The molecule has 1 aromatic heterocycles. The van der Waals surface area contributed by atoms with Gasteiger partial charge in [0.05, 0.1) is 0 Å². The van der Waals surface area contributed by atoms with Crippen LogP contribution in [0.25, 0.3) is 0 Å². The van der Waals surface area contributed by atoms with Crippen LogP contribution in [0.3, 0.4) is 0 Å². The Morgan fingerprint density at radius 1 is 1.28 bits per heavy atom. The third kappa shape index (κ3) is 4.06. The van der Waals surface area contributed by atoms with Gasteiger partial charge in [-0.2, -0.15) is 0 Å². The van der Waals surface area contributed by atoms with Crippen molar-refractivity contribution in [1.82, 2.24) is 14.7 Å². The van der Waals surface area contributed by atoms with E-state index in [2.05, 4.69) is 22.4 Å². The summed E-state index contributed by atoms with van der Waals surface area (Å²) in [6.45, 7) is 11.6. The molecule has 138 valence electrons. The van der Waals surface area contributed by atoms with Crippen molar-refractivity contribution in [3.8, 4) is 0 Å². The standard InChI is InChI=1S/C19H29N3O2S/c1-4-21-13-19(10-17(21)23)12-20(11-16-6-5-9-25-16)7-8-22(14-19)18(24)15(2)3/h5-6,9,15H,4,7-8,10-14H2,1-3H3/t19-/m0/s1. The molecule has 3 heterocycles. The van der Waals surface area contributed by atoms with E-state index >= 15 is 0 Å². The lowest BCUT2D eigenvalue weighted by Crippen LogP contribution is -2.45. The predicted molar refractivity (Wildman–Crippen MR) is 100 cm³/mol. The van der Waals surface area contributed by atoms with Crippen LogP contribution < -0.4 is 0 Å². The fraction of sp³-hybridized carbons (Fsp3) is 0.684. The Balaban J connectivity index is 1.82. The van der Waals surface area contributed by atoms with Crippen LogP contribution in [0.15, 0.2) is 17.5 Å². The number of thiophene rings is 1. The molecule has 2 aliphatic heterocycles. The predicted octanol–water partition coefficient (Wildman–Crippen LogP) is 2.29. The molecule has 0 unspecified atom stereocenters. The first-order valence-electron chi connectivity index (χ1n) is 9.24. The summed E-state index contributed by atoms with van der Waals surface area (Å²) in [6, 6.07) is 4.25. The fourth-order valence-corrected chi connectivity index (χ4v) is 4.89. The molecule has 0 aliphatic carbocycles. The van der Waals surface area contributed by atoms with Gasteiger partial charge in [0.15, 0.2) is 0 Å². The second-order valence-corrected chi connectivity index (χ2v) is 8.82. The van der Waals surface area contributed by atoms with Crippen LogP contribution in [0.2, 0.25) is 0 Å². The molecule has 2 aliphatic rings. The summed E-state index contributed by atoms with van der Waals surface area (Å²) in [4.78, 5) is 32.8. The van der Waals surface area contributed by atoms with Gasteiger partial charge in [-0.25, -0.2) is 0 Å². The van der Waals surface area contributed by atoms with Crippen molar-refractivity contribution in [3.05, 3.63) is 22.4 Å². The average Bonchev–Trinajstić information content (AvgIpc) is 3.13. The van der Waals surface area contributed by atoms with E-state index in [-0.39, 0.29) is 23.1 Å². The zero-order valence-corrected chi connectivity index (χ0v) is 16.3. The summed E-state index contributed by atoms with van der Waals surface area (Å²) in [7, 11) is 0. The highest BCUT2D eigenvalue weighted by molar-refractivity contribution is 7.09. The molecule has 25 heavy (non-hydrogen) atoms. The second kappa shape index (κ2) is 7.46. The van der Waals surface area contributed by atoms with E-state index in [9.17, 15) is 9.59 Å². The van der Waals surface area contributed by atoms with E-state index in [1.165, 1.54) is 4.88 Å². The summed E-state index contributed by atoms with van der Waals surface area (Å²) in [5.74, 6) is 0.442. The topological polar surface area (TPSA) is 43.9 Å². The summed E-state index contributed by atoms with van der Waals surface area (Å²) < 4.78 is 0. The summed E-state index contributed by atoms with van der Waals surface area (Å²) in [5, 5.41) is 2.11. The quantitative estimate of drug-likeness (QED) is 0.824. The van der Waals surface area contributed by atoms with E-state index in [0.29, 0.717) is 13.0 Å². The van der Waals surface area contributed by atoms with E-state index in [4.69, 9.17) is 0 Å². The smallest absolute Gasteiger partial charge is 0.225 e. The molecule has 5 nitrogen and oxygen atoms in total. The van der Waals surface area contributed by atoms with E-state index in [1.807, 2.05) is 30.6 Å². The normalized spacial score (nSPS) is 25.2. The van der Waals surface area contributed by atoms with Crippen LogP contribution in [0, 0.1) is 11.3 Å². The van der Waals surface area contributed by atoms with Crippen molar-refractivity contribution in [2.75, 3.05) is 39.3 Å². The van der Waals surface area contributed by atoms with Gasteiger partial charge in [-0.3, -0.25) is 14.5 Å². The van der Waals surface area contributed by atoms with Crippen molar-refractivity contribution in [1.29, 1.82) is 0 Å². The van der Waals surface area contributed by atoms with Crippen molar-refractivity contribution >= 4 is 23.2 Å². The Morgan fingerprint density at radius 3 is 2.68 bits per heavy atom. The van der Waals surface area contributed by atoms with Gasteiger partial charge >= 0.3 is 0 Å². The molecule has 3 rings (SSSR count). The fourth-order valence-electron chi connectivity index (χ4n) is 4.14. The van der Waals surface area contributed by atoms with Crippen LogP contribution in [0.4, 0.5) is 0 Å². The van der Waals surface area contributed by atoms with Gasteiger partial charge in [0.1, 0.15) is 0 Å². The molecule has 2 fully saturated rings. The molecular weight excluding hydrogens is 334 g/mol. The van der Waals surface area contributed by atoms with E-state index in [1.54, 1.807) is 11.3 Å². The SMILES string of the molecule is CCN1C[C@]2(CC1=O)CN(Cc1cccs1)CCN(C(=O)C(C)C)C2. The molecule has 0 saturated carbocycles. The Morgan fingerprint density at radius 2 is 2.08 bits per heavy atom. The molecule has 0 aromatic carbocycles. The van der Waals surface area contributed by atoms with E-state index in [0.717, 1.165) is 39.3 Å². The average molecular weight is 364 g/mol. The van der Waals surface area contributed by atoms with Crippen molar-refractivity contribution in [2.24, 2.45) is 11.3 Å². The van der Waals surface area contributed by atoms with Gasteiger partial charge in [0, 0.05) is 68.4 Å². The van der Waals surface area contributed by atoms with Gasteiger partial charge < -0.3 is 9.80 Å². The van der Waals surface area contributed by atoms with E-state index < -0.39 is 0 Å². The molecule has 1 aromatic rings. The van der Waals surface area contributed by atoms with Gasteiger partial charge in [-0.05, 0) is 18.4 Å². The molecule has 2 saturated heterocycles. The molecule has 0 bridgehead atoms. The highest BCUT2D eigenvalue weighted by Crippen LogP contribution is 2.36. The van der Waals surface area contributed by atoms with Crippen molar-refractivity contribution in [3.63, 3.8) is 0 Å². The Labute approximate surface area is 154 Å². The molecule has 0 radical (unpaired) electrons. The van der Waals surface area contributed by atoms with Gasteiger partial charge in [0.2, 0.25) is 11.8 Å². The molecule has 6 heteroatoms. The Hall–Kier alpha value is -1.40. The maximum atomic E-state index is 12.7. The lowest BCUT2D eigenvalue weighted by atomic mass is 9.85. The summed E-state index contributed by atoms with van der Waals surface area (Å²) >= 11 is 1.77. The molecule has 0 N–H and O–H groups in total. The number of hydrogen-bond donors (Lipinski definition) is 0. The summed E-state index contributed by atoms with van der Waals surface area (Å²) in [6.07, 6.45) is 0.559.